The molecule has 8 heteroatoms. The number of carbonyl (C=O) groups is 1. The van der Waals surface area contributed by atoms with Gasteiger partial charge in [0.1, 0.15) is 4.88 Å². The van der Waals surface area contributed by atoms with E-state index in [1.807, 2.05) is 11.3 Å². The minimum Gasteiger partial charge on any atom is -0.461 e. The minimum absolute atomic E-state index is 0.167. The summed E-state index contributed by atoms with van der Waals surface area (Å²) in [5.74, 6) is 0.301. The summed E-state index contributed by atoms with van der Waals surface area (Å²) in [7, 11) is 0. The highest BCUT2D eigenvalue weighted by molar-refractivity contribution is 9.11. The smallest absolute Gasteiger partial charge is 0.348 e. The van der Waals surface area contributed by atoms with Gasteiger partial charge in [-0.2, -0.15) is 0 Å². The third-order valence-electron chi connectivity index (χ3n) is 7.06. The van der Waals surface area contributed by atoms with Gasteiger partial charge in [-0.15, -0.1) is 45.3 Å². The zero-order valence-corrected chi connectivity index (χ0v) is 29.3. The van der Waals surface area contributed by atoms with Crippen LogP contribution < -0.4 is 0 Å². The van der Waals surface area contributed by atoms with Crippen molar-refractivity contribution < 1.29 is 9.53 Å². The van der Waals surface area contributed by atoms with E-state index in [4.69, 9.17) is 4.74 Å². The summed E-state index contributed by atoms with van der Waals surface area (Å²) < 4.78 is 9.42. The first-order chi connectivity index (χ1) is 19.0. The molecule has 0 radical (unpaired) electrons. The average Bonchev–Trinajstić information content (AvgIpc) is 3.71. The van der Waals surface area contributed by atoms with E-state index in [-0.39, 0.29) is 5.97 Å². The normalized spacial score (nSPS) is 12.4. The largest absolute Gasteiger partial charge is 0.461 e. The molecule has 4 aromatic rings. The predicted molar refractivity (Wildman–Crippen MR) is 182 cm³/mol. The van der Waals surface area contributed by atoms with Crippen LogP contribution in [0.3, 0.4) is 0 Å². The van der Waals surface area contributed by atoms with E-state index in [2.05, 4.69) is 76.0 Å². The van der Waals surface area contributed by atoms with Crippen LogP contribution in [0, 0.1) is 5.92 Å². The van der Waals surface area contributed by atoms with Gasteiger partial charge in [0.25, 0.3) is 0 Å². The molecule has 4 rings (SSSR count). The number of ether oxygens (including phenoxy) is 1. The molecule has 0 aromatic carbocycles. The molecule has 0 saturated carbocycles. The van der Waals surface area contributed by atoms with Crippen LogP contribution in [0.15, 0.2) is 37.9 Å². The second kappa shape index (κ2) is 16.2. The van der Waals surface area contributed by atoms with E-state index < -0.39 is 0 Å². The fourth-order valence-electron chi connectivity index (χ4n) is 4.90. The molecule has 1 unspecified atom stereocenters. The number of fused-ring (bicyclic) bond motifs is 1. The summed E-state index contributed by atoms with van der Waals surface area (Å²) in [4.78, 5) is 19.0. The molecule has 0 saturated heterocycles. The SMILES string of the molecule is CCCCCCCCC(CCCCCC)COC(=O)c1cc2c(-c3ccc(Br)s3)sc(-c3ccc(Br)s3)c2s1. The fourth-order valence-corrected chi connectivity index (χ4v) is 10.5. The second-order valence-corrected chi connectivity index (χ2v) is 17.2. The Bertz CT molecular complexity index is 1240. The predicted octanol–water partition coefficient (Wildman–Crippen LogP) is 13.4. The maximum atomic E-state index is 13.3. The molecule has 0 aliphatic carbocycles. The van der Waals surface area contributed by atoms with Crippen LogP contribution in [0.25, 0.3) is 29.6 Å². The Morgan fingerprint density at radius 1 is 0.744 bits per heavy atom. The summed E-state index contributed by atoms with van der Waals surface area (Å²) in [5.41, 5.74) is 0. The molecule has 0 spiro atoms. The molecule has 0 aliphatic heterocycles. The van der Waals surface area contributed by atoms with E-state index in [1.165, 1.54) is 94.8 Å². The average molecular weight is 731 g/mol. The van der Waals surface area contributed by atoms with E-state index in [0.717, 1.165) is 19.4 Å². The van der Waals surface area contributed by atoms with Gasteiger partial charge >= 0.3 is 5.97 Å². The van der Waals surface area contributed by atoms with Crippen LogP contribution in [0.1, 0.15) is 101 Å². The lowest BCUT2D eigenvalue weighted by Crippen LogP contribution is -2.14. The maximum Gasteiger partial charge on any atom is 0.348 e. The zero-order chi connectivity index (χ0) is 27.6. The number of hydrogen-bond acceptors (Lipinski definition) is 6. The Labute approximate surface area is 266 Å². The minimum atomic E-state index is -0.167. The zero-order valence-electron chi connectivity index (χ0n) is 22.9. The van der Waals surface area contributed by atoms with Crippen molar-refractivity contribution in [3.63, 3.8) is 0 Å². The van der Waals surface area contributed by atoms with Crippen molar-refractivity contribution in [2.45, 2.75) is 90.9 Å². The monoisotopic (exact) mass is 728 g/mol. The van der Waals surface area contributed by atoms with Crippen LogP contribution in [0.4, 0.5) is 0 Å². The second-order valence-electron chi connectivity index (χ2n) is 10.2. The van der Waals surface area contributed by atoms with E-state index in [9.17, 15) is 4.79 Å². The fraction of sp³-hybridized carbons (Fsp3) is 0.516. The first-order valence-electron chi connectivity index (χ1n) is 14.2. The summed E-state index contributed by atoms with van der Waals surface area (Å²) in [6.45, 7) is 5.06. The Kier molecular flexibility index (Phi) is 13.1. The summed E-state index contributed by atoms with van der Waals surface area (Å²) >= 11 is 14.1. The van der Waals surface area contributed by atoms with Gasteiger partial charge in [-0.25, -0.2) is 4.79 Å². The van der Waals surface area contributed by atoms with Crippen LogP contribution in [-0.4, -0.2) is 12.6 Å². The number of esters is 1. The van der Waals surface area contributed by atoms with Crippen molar-refractivity contribution >= 4 is 93.3 Å². The third-order valence-corrected chi connectivity index (χ3v) is 13.1. The molecular formula is C31H38Br2O2S4. The highest BCUT2D eigenvalue weighted by Gasteiger charge is 2.23. The molecule has 1 atom stereocenters. The topological polar surface area (TPSA) is 26.3 Å². The van der Waals surface area contributed by atoms with Gasteiger partial charge in [-0.1, -0.05) is 78.1 Å². The van der Waals surface area contributed by atoms with Gasteiger partial charge in [0.2, 0.25) is 0 Å². The number of rotatable bonds is 17. The lowest BCUT2D eigenvalue weighted by Gasteiger charge is -2.17. The lowest BCUT2D eigenvalue weighted by molar-refractivity contribution is 0.0428. The van der Waals surface area contributed by atoms with Crippen LogP contribution in [0.5, 0.6) is 0 Å². The number of carbonyl (C=O) groups excluding carboxylic acids is 1. The Morgan fingerprint density at radius 3 is 1.90 bits per heavy atom. The lowest BCUT2D eigenvalue weighted by atomic mass is 9.95. The standard InChI is InChI=1S/C31H38Br2O2S4/c1-3-5-7-9-10-12-14-21(13-11-8-6-4-2)20-35-31(34)25-19-22-28(23-15-17-26(32)36-23)39-30(29(22)38-25)24-16-18-27(33)37-24/h15-19,21H,3-14,20H2,1-2H3. The van der Waals surface area contributed by atoms with Crippen LogP contribution in [0.2, 0.25) is 0 Å². The number of thiophene rings is 4. The van der Waals surface area contributed by atoms with Gasteiger partial charge in [0.05, 0.1) is 28.6 Å². The molecule has 4 heterocycles. The van der Waals surface area contributed by atoms with Crippen LogP contribution in [-0.2, 0) is 4.74 Å². The highest BCUT2D eigenvalue weighted by atomic mass is 79.9. The van der Waals surface area contributed by atoms with Crippen molar-refractivity contribution in [3.05, 3.63) is 42.8 Å². The number of halogens is 2. The van der Waals surface area contributed by atoms with E-state index in [0.29, 0.717) is 17.4 Å². The van der Waals surface area contributed by atoms with Crippen molar-refractivity contribution in [2.75, 3.05) is 6.61 Å². The highest BCUT2D eigenvalue weighted by Crippen LogP contribution is 2.51. The van der Waals surface area contributed by atoms with Crippen molar-refractivity contribution in [3.8, 4) is 19.5 Å². The molecule has 2 nitrogen and oxygen atoms in total. The van der Waals surface area contributed by atoms with Gasteiger partial charge < -0.3 is 4.74 Å². The molecular weight excluding hydrogens is 692 g/mol. The molecule has 0 amide bonds. The Balaban J connectivity index is 1.47. The molecule has 0 aliphatic rings. The van der Waals surface area contributed by atoms with Gasteiger partial charge in [0, 0.05) is 15.1 Å². The summed E-state index contributed by atoms with van der Waals surface area (Å²) in [6, 6.07) is 10.6. The van der Waals surface area contributed by atoms with Crippen molar-refractivity contribution in [1.82, 2.24) is 0 Å². The maximum absolute atomic E-state index is 13.3. The van der Waals surface area contributed by atoms with Crippen LogP contribution >= 0.6 is 77.2 Å². The Hall–Kier alpha value is -0.510. The number of unbranched alkanes of at least 4 members (excludes halogenated alkanes) is 8. The first-order valence-corrected chi connectivity index (χ1v) is 19.1. The van der Waals surface area contributed by atoms with E-state index >= 15 is 0 Å². The summed E-state index contributed by atoms with van der Waals surface area (Å²) in [6.07, 6.45) is 15.2. The van der Waals surface area contributed by atoms with E-state index in [1.54, 1.807) is 34.0 Å². The molecule has 4 aromatic heterocycles. The molecule has 39 heavy (non-hydrogen) atoms. The van der Waals surface area contributed by atoms with Gasteiger partial charge in [-0.3, -0.25) is 0 Å². The van der Waals surface area contributed by atoms with Gasteiger partial charge in [0.15, 0.2) is 0 Å². The Morgan fingerprint density at radius 2 is 1.31 bits per heavy atom. The molecule has 0 fully saturated rings. The molecule has 212 valence electrons. The van der Waals surface area contributed by atoms with Crippen molar-refractivity contribution in [2.24, 2.45) is 5.92 Å². The number of hydrogen-bond donors (Lipinski definition) is 0. The summed E-state index contributed by atoms with van der Waals surface area (Å²) in [5, 5.41) is 1.16. The third kappa shape index (κ3) is 8.99. The quantitative estimate of drug-likeness (QED) is 0.0799. The first kappa shape index (κ1) is 31.4. The van der Waals surface area contributed by atoms with Gasteiger partial charge in [-0.05, 0) is 81.0 Å². The van der Waals surface area contributed by atoms with Crippen molar-refractivity contribution in [1.29, 1.82) is 0 Å². The molecule has 0 N–H and O–H groups in total. The molecule has 0 bridgehead atoms.